The lowest BCUT2D eigenvalue weighted by Gasteiger charge is -2.10. The number of hydrogen-bond acceptors (Lipinski definition) is 4. The summed E-state index contributed by atoms with van der Waals surface area (Å²) in [6.07, 6.45) is 6.47. The Balaban J connectivity index is 1.58. The van der Waals surface area contributed by atoms with Crippen molar-refractivity contribution in [3.8, 4) is 23.2 Å². The first-order chi connectivity index (χ1) is 15.4. The van der Waals surface area contributed by atoms with E-state index in [1.807, 2.05) is 0 Å². The van der Waals surface area contributed by atoms with Gasteiger partial charge in [0.2, 0.25) is 10.0 Å². The minimum Gasteiger partial charge on any atom is -0.435 e. The van der Waals surface area contributed by atoms with E-state index in [2.05, 4.69) is 15.7 Å². The van der Waals surface area contributed by atoms with Crippen molar-refractivity contribution in [3.05, 3.63) is 48.0 Å². The van der Waals surface area contributed by atoms with Crippen molar-refractivity contribution in [2.75, 3.05) is 4.72 Å². The molecular weight excluding hydrogens is 436 g/mol. The molecule has 0 saturated heterocycles. The Morgan fingerprint density at radius 1 is 1.12 bits per heavy atom. The summed E-state index contributed by atoms with van der Waals surface area (Å²) in [6.45, 7) is -2.93. The first kappa shape index (κ1) is 20.8. The van der Waals surface area contributed by atoms with Crippen molar-refractivity contribution in [2.45, 2.75) is 44.0 Å². The predicted molar refractivity (Wildman–Crippen MR) is 117 cm³/mol. The van der Waals surface area contributed by atoms with E-state index in [0.717, 1.165) is 30.4 Å². The molecule has 2 fully saturated rings. The normalized spacial score (nSPS) is 16.3. The second-order valence-corrected chi connectivity index (χ2v) is 10.4. The number of fused-ring (bicyclic) bond motifs is 1. The molecule has 9 heteroatoms. The van der Waals surface area contributed by atoms with Crippen LogP contribution in [-0.2, 0) is 16.4 Å². The van der Waals surface area contributed by atoms with Gasteiger partial charge in [-0.3, -0.25) is 4.72 Å². The summed E-state index contributed by atoms with van der Waals surface area (Å²) in [6, 6.07) is 11.5. The highest BCUT2D eigenvalue weighted by Gasteiger charge is 2.35. The topological polar surface area (TPSA) is 84.1 Å². The number of hydrogen-bond donors (Lipinski definition) is 1. The molecule has 1 N–H and O–H groups in total. The lowest BCUT2D eigenvalue weighted by atomic mass is 10.00. The van der Waals surface area contributed by atoms with Crippen LogP contribution in [0.1, 0.15) is 31.2 Å². The molecule has 0 atom stereocenters. The number of halogens is 2. The van der Waals surface area contributed by atoms with Gasteiger partial charge >= 0.3 is 6.61 Å². The Morgan fingerprint density at radius 2 is 1.84 bits per heavy atom. The maximum Gasteiger partial charge on any atom is 0.387 e. The molecule has 166 valence electrons. The summed E-state index contributed by atoms with van der Waals surface area (Å²) in [5.74, 6) is 0.548. The quantitative estimate of drug-likeness (QED) is 0.510. The summed E-state index contributed by atoms with van der Waals surface area (Å²) in [5.41, 5.74) is 3.45. The van der Waals surface area contributed by atoms with Gasteiger partial charge in [0.15, 0.2) is 6.19 Å². The van der Waals surface area contributed by atoms with Crippen molar-refractivity contribution in [1.82, 2.24) is 4.57 Å². The summed E-state index contributed by atoms with van der Waals surface area (Å²) in [4.78, 5) is 0. The number of anilines is 1. The zero-order valence-corrected chi connectivity index (χ0v) is 17.9. The Kier molecular flexibility index (Phi) is 5.05. The van der Waals surface area contributed by atoms with E-state index >= 15 is 0 Å². The number of nitrogens with zero attached hydrogens (tertiary/aromatic N) is 2. The first-order valence-corrected chi connectivity index (χ1v) is 12.0. The maximum absolute atomic E-state index is 12.7. The van der Waals surface area contributed by atoms with Crippen LogP contribution in [0.2, 0.25) is 0 Å². The monoisotopic (exact) mass is 457 g/mol. The van der Waals surface area contributed by atoms with Crippen LogP contribution in [0.4, 0.5) is 14.5 Å². The molecule has 0 spiro atoms. The number of benzene rings is 2. The Bertz CT molecular complexity index is 1320. The Labute approximate surface area is 184 Å². The number of rotatable bonds is 8. The molecule has 3 aromatic rings. The second-order valence-electron chi connectivity index (χ2n) is 8.39. The van der Waals surface area contributed by atoms with Gasteiger partial charge in [-0.1, -0.05) is 12.1 Å². The average Bonchev–Trinajstić information content (AvgIpc) is 3.65. The van der Waals surface area contributed by atoms with E-state index in [4.69, 9.17) is 0 Å². The van der Waals surface area contributed by atoms with Gasteiger partial charge < -0.3 is 4.74 Å². The smallest absolute Gasteiger partial charge is 0.387 e. The molecule has 0 bridgehead atoms. The standard InChI is InChI=1S/C23H21F2N3O3S/c24-23(25)31-17-7-10-21-19(12-17)20(11-14-1-2-14)22(28(21)13-26)15-3-5-16(6-4-15)27-32(29,30)18-8-9-18/h3-7,10,12,14,18,23,27H,1-2,8-9,11H2. The molecule has 0 unspecified atom stereocenters. The van der Waals surface area contributed by atoms with E-state index in [1.165, 1.54) is 10.6 Å². The molecule has 2 aliphatic carbocycles. The molecule has 6 nitrogen and oxygen atoms in total. The lowest BCUT2D eigenvalue weighted by molar-refractivity contribution is -0.0497. The van der Waals surface area contributed by atoms with E-state index in [1.54, 1.807) is 36.4 Å². The molecule has 5 rings (SSSR count). The third kappa shape index (κ3) is 4.02. The number of aromatic nitrogens is 1. The molecular formula is C23H21F2N3O3S. The molecule has 0 radical (unpaired) electrons. The average molecular weight is 458 g/mol. The van der Waals surface area contributed by atoms with Gasteiger partial charge in [-0.2, -0.15) is 14.0 Å². The molecule has 1 heterocycles. The van der Waals surface area contributed by atoms with Gasteiger partial charge in [-0.05, 0) is 79.5 Å². The minimum absolute atomic E-state index is 0.0519. The third-order valence-corrected chi connectivity index (χ3v) is 7.81. The van der Waals surface area contributed by atoms with E-state index in [9.17, 15) is 22.5 Å². The molecule has 2 aromatic carbocycles. The van der Waals surface area contributed by atoms with Gasteiger partial charge in [-0.25, -0.2) is 13.0 Å². The summed E-state index contributed by atoms with van der Waals surface area (Å²) >= 11 is 0. The van der Waals surface area contributed by atoms with E-state index in [-0.39, 0.29) is 11.0 Å². The highest BCUT2D eigenvalue weighted by molar-refractivity contribution is 7.93. The third-order valence-electron chi connectivity index (χ3n) is 5.94. The molecule has 32 heavy (non-hydrogen) atoms. The SMILES string of the molecule is N#Cn1c(-c2ccc(NS(=O)(=O)C3CC3)cc2)c(CC2CC2)c2cc(OC(F)F)ccc21. The summed E-state index contributed by atoms with van der Waals surface area (Å²) in [7, 11) is -3.36. The Morgan fingerprint density at radius 3 is 2.44 bits per heavy atom. The number of alkyl halides is 2. The predicted octanol–water partition coefficient (Wildman–Crippen LogP) is 5.10. The maximum atomic E-state index is 12.7. The van der Waals surface area contributed by atoms with Crippen LogP contribution in [0, 0.1) is 17.4 Å². The lowest BCUT2D eigenvalue weighted by Crippen LogP contribution is -2.17. The van der Waals surface area contributed by atoms with Crippen LogP contribution in [-0.4, -0.2) is 24.8 Å². The molecule has 2 saturated carbocycles. The second kappa shape index (κ2) is 7.78. The van der Waals surface area contributed by atoms with Gasteiger partial charge in [0.1, 0.15) is 5.75 Å². The van der Waals surface area contributed by atoms with E-state index < -0.39 is 16.6 Å². The van der Waals surface area contributed by atoms with Crippen molar-refractivity contribution in [1.29, 1.82) is 5.26 Å². The molecule has 0 aliphatic heterocycles. The van der Waals surface area contributed by atoms with Gasteiger partial charge in [0.05, 0.1) is 16.5 Å². The summed E-state index contributed by atoms with van der Waals surface area (Å²) < 4.78 is 58.6. The number of nitrogens with one attached hydrogen (secondary N) is 1. The fourth-order valence-electron chi connectivity index (χ4n) is 4.06. The molecule has 0 amide bonds. The Hall–Kier alpha value is -3.12. The molecule has 1 aromatic heterocycles. The van der Waals surface area contributed by atoms with Crippen molar-refractivity contribution in [3.63, 3.8) is 0 Å². The van der Waals surface area contributed by atoms with Crippen LogP contribution in [0.3, 0.4) is 0 Å². The fourth-order valence-corrected chi connectivity index (χ4v) is 5.45. The van der Waals surface area contributed by atoms with Crippen LogP contribution in [0.15, 0.2) is 42.5 Å². The molecule has 2 aliphatic rings. The first-order valence-electron chi connectivity index (χ1n) is 10.5. The highest BCUT2D eigenvalue weighted by atomic mass is 32.2. The van der Waals surface area contributed by atoms with Crippen LogP contribution in [0.5, 0.6) is 5.75 Å². The zero-order valence-electron chi connectivity index (χ0n) is 17.1. The van der Waals surface area contributed by atoms with Crippen LogP contribution < -0.4 is 9.46 Å². The van der Waals surface area contributed by atoms with Crippen molar-refractivity contribution < 1.29 is 21.9 Å². The summed E-state index contributed by atoms with van der Waals surface area (Å²) in [5, 5.41) is 10.3. The fraction of sp³-hybridized carbons (Fsp3) is 0.348. The minimum atomic E-state index is -3.36. The zero-order chi connectivity index (χ0) is 22.5. The van der Waals surface area contributed by atoms with Crippen molar-refractivity contribution >= 4 is 26.6 Å². The van der Waals surface area contributed by atoms with Crippen LogP contribution in [0.25, 0.3) is 22.2 Å². The largest absolute Gasteiger partial charge is 0.435 e. The number of nitriles is 1. The van der Waals surface area contributed by atoms with Gasteiger partial charge in [0.25, 0.3) is 0 Å². The van der Waals surface area contributed by atoms with E-state index in [0.29, 0.717) is 41.0 Å². The number of sulfonamides is 1. The van der Waals surface area contributed by atoms with Crippen molar-refractivity contribution in [2.24, 2.45) is 5.92 Å². The number of ether oxygens (including phenoxy) is 1. The van der Waals surface area contributed by atoms with Gasteiger partial charge in [-0.15, -0.1) is 0 Å². The van der Waals surface area contributed by atoms with Crippen LogP contribution >= 0.6 is 0 Å². The highest BCUT2D eigenvalue weighted by Crippen LogP contribution is 2.42. The van der Waals surface area contributed by atoms with Gasteiger partial charge in [0, 0.05) is 11.1 Å².